The van der Waals surface area contributed by atoms with Gasteiger partial charge in [-0.3, -0.25) is 0 Å². The molecule has 0 bridgehead atoms. The number of methoxy groups -OCH3 is 1. The average molecular weight is 174 g/mol. The standard InChI is InChI=1S/C7H9BO3.B2/c1-11-7-4-2-6(3-5-7)8(9)10;1-2/h2-5,9-10H,1H3;. The molecule has 0 saturated heterocycles. The maximum Gasteiger partial charge on any atom is 0.488 e. The Hall–Kier alpha value is -0.865. The van der Waals surface area contributed by atoms with Gasteiger partial charge in [0.2, 0.25) is 0 Å². The second kappa shape index (κ2) is 6.63. The highest BCUT2D eigenvalue weighted by Gasteiger charge is 2.09. The van der Waals surface area contributed by atoms with Crippen LogP contribution in [0, 0.1) is 0 Å². The van der Waals surface area contributed by atoms with Crippen LogP contribution in [0.3, 0.4) is 0 Å². The van der Waals surface area contributed by atoms with Gasteiger partial charge < -0.3 is 14.8 Å². The number of ether oxygens (including phenoxy) is 1. The van der Waals surface area contributed by atoms with Gasteiger partial charge in [0.05, 0.1) is 7.11 Å². The third-order valence-corrected chi connectivity index (χ3v) is 1.41. The minimum absolute atomic E-state index is 0.464. The van der Waals surface area contributed by atoms with E-state index in [1.165, 1.54) is 0 Å². The average Bonchev–Trinajstić information content (AvgIpc) is 2.21. The van der Waals surface area contributed by atoms with Crippen LogP contribution in [0.5, 0.6) is 5.75 Å². The summed E-state index contributed by atoms with van der Waals surface area (Å²) in [6.45, 7) is 0. The van der Waals surface area contributed by atoms with E-state index in [9.17, 15) is 0 Å². The van der Waals surface area contributed by atoms with Gasteiger partial charge in [-0.1, -0.05) is 12.1 Å². The molecule has 0 saturated carbocycles. The summed E-state index contributed by atoms with van der Waals surface area (Å²) in [5.41, 5.74) is 0.464. The van der Waals surface area contributed by atoms with E-state index in [-0.39, 0.29) is 0 Å². The highest BCUT2D eigenvalue weighted by Crippen LogP contribution is 2.05. The summed E-state index contributed by atoms with van der Waals surface area (Å²) in [4.78, 5) is 0. The Morgan fingerprint density at radius 3 is 1.92 bits per heavy atom. The van der Waals surface area contributed by atoms with Crippen molar-refractivity contribution in [2.75, 3.05) is 7.11 Å². The Kier molecular flexibility index (Phi) is 6.19. The number of benzene rings is 1. The molecule has 0 heterocycles. The Morgan fingerprint density at radius 2 is 1.62 bits per heavy atom. The lowest BCUT2D eigenvalue weighted by atomic mass is 9.80. The molecule has 1 aromatic carbocycles. The predicted molar refractivity (Wildman–Crippen MR) is 54.3 cm³/mol. The Bertz CT molecular complexity index is 225. The van der Waals surface area contributed by atoms with E-state index in [1.807, 2.05) is 0 Å². The molecular formula is C7H9B3O3. The fourth-order valence-corrected chi connectivity index (χ4v) is 0.776. The first kappa shape index (κ1) is 12.1. The fourth-order valence-electron chi connectivity index (χ4n) is 0.776. The molecule has 1 aromatic rings. The zero-order valence-corrected chi connectivity index (χ0v) is 7.34. The monoisotopic (exact) mass is 174 g/mol. The van der Waals surface area contributed by atoms with Crippen LogP contribution < -0.4 is 10.2 Å². The van der Waals surface area contributed by atoms with Crippen LogP contribution in [0.25, 0.3) is 0 Å². The van der Waals surface area contributed by atoms with Crippen molar-refractivity contribution >= 4 is 28.1 Å². The van der Waals surface area contributed by atoms with Crippen molar-refractivity contribution in [1.82, 2.24) is 0 Å². The van der Waals surface area contributed by atoms with Gasteiger partial charge >= 0.3 is 7.12 Å². The second-order valence-corrected chi connectivity index (χ2v) is 2.15. The van der Waals surface area contributed by atoms with E-state index in [0.717, 1.165) is 0 Å². The van der Waals surface area contributed by atoms with Gasteiger partial charge in [0.25, 0.3) is 0 Å². The number of rotatable bonds is 2. The lowest BCUT2D eigenvalue weighted by Gasteiger charge is -2.00. The molecule has 64 valence electrons. The molecule has 0 unspecified atom stereocenters. The maximum absolute atomic E-state index is 8.70. The van der Waals surface area contributed by atoms with E-state index < -0.39 is 7.12 Å². The van der Waals surface area contributed by atoms with Crippen LogP contribution in [-0.4, -0.2) is 39.8 Å². The molecule has 0 aliphatic rings. The summed E-state index contributed by atoms with van der Waals surface area (Å²) in [5.74, 6) is 0.703. The number of hydrogen-bond acceptors (Lipinski definition) is 3. The highest BCUT2D eigenvalue weighted by molar-refractivity contribution is 6.75. The highest BCUT2D eigenvalue weighted by atomic mass is 16.5. The summed E-state index contributed by atoms with van der Waals surface area (Å²) >= 11 is 0. The number of hydrogen-bond donors (Lipinski definition) is 2. The zero-order valence-electron chi connectivity index (χ0n) is 7.34. The van der Waals surface area contributed by atoms with Crippen molar-refractivity contribution in [3.63, 3.8) is 0 Å². The Labute approximate surface area is 80.7 Å². The van der Waals surface area contributed by atoms with Crippen LogP contribution in [0.1, 0.15) is 0 Å². The lowest BCUT2D eigenvalue weighted by Crippen LogP contribution is -2.29. The van der Waals surface area contributed by atoms with Crippen LogP contribution in [0.4, 0.5) is 0 Å². The van der Waals surface area contributed by atoms with Gasteiger partial charge in [-0.05, 0) is 17.6 Å². The van der Waals surface area contributed by atoms with Crippen LogP contribution in [-0.2, 0) is 0 Å². The summed E-state index contributed by atoms with van der Waals surface area (Å²) < 4.78 is 4.89. The van der Waals surface area contributed by atoms with Gasteiger partial charge in [0.15, 0.2) is 0 Å². The van der Waals surface area contributed by atoms with E-state index in [4.69, 9.17) is 14.8 Å². The van der Waals surface area contributed by atoms with Crippen LogP contribution >= 0.6 is 0 Å². The van der Waals surface area contributed by atoms with Crippen LogP contribution in [0.15, 0.2) is 24.3 Å². The van der Waals surface area contributed by atoms with Crippen molar-refractivity contribution in [1.29, 1.82) is 0 Å². The quantitative estimate of drug-likeness (QED) is 0.542. The maximum atomic E-state index is 8.70. The Morgan fingerprint density at radius 1 is 1.15 bits per heavy atom. The Balaban J connectivity index is 0.000000671. The SMILES string of the molecule is COc1ccc(B(O)O)cc1.[B][B]. The molecule has 2 N–H and O–H groups in total. The molecule has 13 heavy (non-hydrogen) atoms. The normalized spacial score (nSPS) is 8.23. The van der Waals surface area contributed by atoms with Gasteiger partial charge in [0, 0.05) is 15.5 Å². The molecule has 0 aromatic heterocycles. The molecule has 4 radical (unpaired) electrons. The van der Waals surface area contributed by atoms with Gasteiger partial charge in [-0.2, -0.15) is 0 Å². The molecule has 0 aliphatic carbocycles. The molecule has 0 aliphatic heterocycles. The van der Waals surface area contributed by atoms with E-state index in [1.54, 1.807) is 31.4 Å². The van der Waals surface area contributed by atoms with Crippen molar-refractivity contribution in [3.8, 4) is 5.75 Å². The summed E-state index contributed by atoms with van der Waals surface area (Å²) in [6.07, 6.45) is 0. The topological polar surface area (TPSA) is 49.7 Å². The first-order valence-corrected chi connectivity index (χ1v) is 3.57. The third kappa shape index (κ3) is 4.06. The molecular weight excluding hydrogens is 165 g/mol. The van der Waals surface area contributed by atoms with Crippen molar-refractivity contribution in [3.05, 3.63) is 24.3 Å². The largest absolute Gasteiger partial charge is 0.497 e. The van der Waals surface area contributed by atoms with E-state index >= 15 is 0 Å². The molecule has 0 fully saturated rings. The zero-order chi connectivity index (χ0) is 10.3. The van der Waals surface area contributed by atoms with E-state index in [2.05, 4.69) is 15.5 Å². The molecule has 0 atom stereocenters. The second-order valence-electron chi connectivity index (χ2n) is 2.15. The smallest absolute Gasteiger partial charge is 0.488 e. The van der Waals surface area contributed by atoms with Crippen molar-refractivity contribution in [2.24, 2.45) is 0 Å². The van der Waals surface area contributed by atoms with Crippen molar-refractivity contribution < 1.29 is 14.8 Å². The first-order valence-electron chi connectivity index (χ1n) is 3.57. The first-order chi connectivity index (χ1) is 6.24. The fraction of sp³-hybridized carbons (Fsp3) is 0.143. The lowest BCUT2D eigenvalue weighted by molar-refractivity contribution is 0.414. The molecule has 3 nitrogen and oxygen atoms in total. The van der Waals surface area contributed by atoms with Crippen molar-refractivity contribution in [2.45, 2.75) is 0 Å². The molecule has 0 spiro atoms. The molecule has 0 amide bonds. The third-order valence-electron chi connectivity index (χ3n) is 1.41. The van der Waals surface area contributed by atoms with Gasteiger partial charge in [-0.15, -0.1) is 0 Å². The molecule has 1 rings (SSSR count). The predicted octanol–water partition coefficient (Wildman–Crippen LogP) is -1.39. The van der Waals surface area contributed by atoms with Gasteiger partial charge in [-0.25, -0.2) is 0 Å². The molecule has 6 heteroatoms. The van der Waals surface area contributed by atoms with Crippen LogP contribution in [0.2, 0.25) is 0 Å². The minimum atomic E-state index is -1.40. The van der Waals surface area contributed by atoms with E-state index in [0.29, 0.717) is 11.2 Å². The summed E-state index contributed by atoms with van der Waals surface area (Å²) in [5, 5.41) is 17.4. The summed E-state index contributed by atoms with van der Waals surface area (Å²) in [7, 11) is 8.16. The summed E-state index contributed by atoms with van der Waals surface area (Å²) in [6, 6.07) is 6.55. The van der Waals surface area contributed by atoms with Gasteiger partial charge in [0.1, 0.15) is 5.75 Å². The minimum Gasteiger partial charge on any atom is -0.497 e.